The number of ketones is 2. The first-order valence-corrected chi connectivity index (χ1v) is 22.3. The highest BCUT2D eigenvalue weighted by Crippen LogP contribution is 2.34. The van der Waals surface area contributed by atoms with Crippen LogP contribution in [0.1, 0.15) is 66.5 Å². The van der Waals surface area contributed by atoms with Gasteiger partial charge in [-0.2, -0.15) is 5.10 Å². The Bertz CT molecular complexity index is 2290. The van der Waals surface area contributed by atoms with Gasteiger partial charge < -0.3 is 0 Å². The van der Waals surface area contributed by atoms with Gasteiger partial charge in [-0.15, -0.1) is 35.0 Å². The maximum atomic E-state index is 11.1. The number of hydrogen-bond donors (Lipinski definition) is 0. The Hall–Kier alpha value is -1.86. The van der Waals surface area contributed by atoms with Gasteiger partial charge in [0.1, 0.15) is 12.7 Å². The van der Waals surface area contributed by atoms with E-state index in [0.717, 1.165) is 29.0 Å². The van der Waals surface area contributed by atoms with E-state index >= 15 is 0 Å². The molecule has 0 saturated carbocycles. The Kier molecular flexibility index (Phi) is 22.5. The normalized spacial score (nSPS) is 12.1. The molecule has 0 saturated heterocycles. The zero-order chi connectivity index (χ0) is 42.9. The van der Waals surface area contributed by atoms with Gasteiger partial charge in [0, 0.05) is 44.9 Å². The summed E-state index contributed by atoms with van der Waals surface area (Å²) in [7, 11) is 0. The molecule has 5 rings (SSSR count). The third kappa shape index (κ3) is 16.3. The van der Waals surface area contributed by atoms with Crippen LogP contribution in [0.25, 0.3) is 0 Å². The summed E-state index contributed by atoms with van der Waals surface area (Å²) < 4.78 is 5.40. The van der Waals surface area contributed by atoms with Crippen molar-refractivity contribution in [1.82, 2.24) is 14.8 Å². The van der Waals surface area contributed by atoms with Gasteiger partial charge in [0.2, 0.25) is 0 Å². The van der Waals surface area contributed by atoms with E-state index in [4.69, 9.17) is 69.6 Å². The smallest absolute Gasteiger partial charge is 0.179 e. The third-order valence-corrected chi connectivity index (χ3v) is 11.7. The number of Topliss-reactive ketones (excluding diaryl/α,β-unsaturated/α-hetero) is 2. The number of nitrogens with zero attached hydrogens (tertiary/aromatic N) is 3. The average Bonchev–Trinajstić information content (AvgIpc) is 3.64. The third-order valence-electron chi connectivity index (χ3n) is 7.73. The van der Waals surface area contributed by atoms with Gasteiger partial charge in [-0.25, -0.2) is 4.98 Å². The van der Waals surface area contributed by atoms with Crippen LogP contribution in [-0.4, -0.2) is 38.1 Å². The second kappa shape index (κ2) is 25.0. The molecule has 5 nitrogen and oxygen atoms in total. The number of aromatic nitrogens is 3. The van der Waals surface area contributed by atoms with Crippen LogP contribution >= 0.6 is 133 Å². The van der Waals surface area contributed by atoms with Crippen molar-refractivity contribution >= 4 is 145 Å². The average molecular weight is 1150 g/mol. The molecule has 57 heavy (non-hydrogen) atoms. The van der Waals surface area contributed by atoms with E-state index in [2.05, 4.69) is 104 Å². The van der Waals surface area contributed by atoms with E-state index in [0.29, 0.717) is 43.6 Å². The van der Waals surface area contributed by atoms with Gasteiger partial charge in [-0.3, -0.25) is 14.3 Å². The van der Waals surface area contributed by atoms with E-state index in [-0.39, 0.29) is 22.9 Å². The highest BCUT2D eigenvalue weighted by molar-refractivity contribution is 9.11. The predicted octanol–water partition coefficient (Wildman–Crippen LogP) is 15.1. The van der Waals surface area contributed by atoms with Gasteiger partial charge in [-0.1, -0.05) is 134 Å². The Morgan fingerprint density at radius 3 is 1.46 bits per heavy atom. The van der Waals surface area contributed by atoms with Gasteiger partial charge in [0.15, 0.2) is 11.6 Å². The van der Waals surface area contributed by atoms with Gasteiger partial charge >= 0.3 is 0 Å². The monoisotopic (exact) mass is 1140 g/mol. The zero-order valence-corrected chi connectivity index (χ0v) is 42.0. The lowest BCUT2D eigenvalue weighted by Crippen LogP contribution is -2.27. The van der Waals surface area contributed by atoms with Crippen LogP contribution in [0.4, 0.5) is 0 Å². The van der Waals surface area contributed by atoms with E-state index < -0.39 is 5.41 Å². The van der Waals surface area contributed by atoms with Crippen LogP contribution in [-0.2, 0) is 17.4 Å². The first-order valence-electron chi connectivity index (χ1n) is 16.5. The minimum Gasteiger partial charge on any atom is -0.294 e. The predicted molar refractivity (Wildman–Crippen MR) is 254 cm³/mol. The van der Waals surface area contributed by atoms with Crippen molar-refractivity contribution in [1.29, 1.82) is 0 Å². The largest absolute Gasteiger partial charge is 0.294 e. The van der Waals surface area contributed by atoms with Crippen LogP contribution < -0.4 is 0 Å². The zero-order valence-electron chi connectivity index (χ0n) is 31.1. The summed E-state index contributed by atoms with van der Waals surface area (Å²) in [5.74, 6) is 12.4. The number of rotatable bonds is 8. The van der Waals surface area contributed by atoms with Gasteiger partial charge in [0.25, 0.3) is 0 Å². The standard InChI is InChI=1S/C14H13BrClN3.C12H11BrCl2.C8H5BrCl2O.C8H6BrClO/c1-3-6-14(2,8-19-10-17-9-18-19)12-5-4-11(15)7-13(12)16;1-3-6-12(2,8-14)10-5-4-9(13)7-11(10)15;9-5-1-2-6(7(11)3-5)8(12)4-10;1-5(11)7-3-2-6(9)4-8(7)10/h4-5,7,9-10H,8H2,1-2H3;4-5,7H,8H2,1-2H3;1-3H,4H2;2-4H,1H3. The maximum Gasteiger partial charge on any atom is 0.179 e. The summed E-state index contributed by atoms with van der Waals surface area (Å²) in [5.41, 5.74) is 2.21. The Labute approximate surface area is 398 Å². The lowest BCUT2D eigenvalue weighted by molar-refractivity contribution is 0.101. The van der Waals surface area contributed by atoms with Crippen molar-refractivity contribution in [2.75, 3.05) is 11.8 Å². The molecule has 0 spiro atoms. The van der Waals surface area contributed by atoms with Crippen LogP contribution in [0.2, 0.25) is 20.1 Å². The molecule has 0 N–H and O–H groups in total. The lowest BCUT2D eigenvalue weighted by atomic mass is 9.83. The maximum absolute atomic E-state index is 11.1. The highest BCUT2D eigenvalue weighted by atomic mass is 79.9. The first kappa shape index (κ1) is 51.3. The fourth-order valence-electron chi connectivity index (χ4n) is 4.99. The molecule has 4 aromatic carbocycles. The van der Waals surface area contributed by atoms with Crippen molar-refractivity contribution in [3.05, 3.63) is 146 Å². The molecule has 0 amide bonds. The van der Waals surface area contributed by atoms with Crippen molar-refractivity contribution in [3.63, 3.8) is 0 Å². The van der Waals surface area contributed by atoms with Crippen LogP contribution in [0.3, 0.4) is 0 Å². The fraction of sp³-hybridized carbons (Fsp3) is 0.238. The highest BCUT2D eigenvalue weighted by Gasteiger charge is 2.28. The van der Waals surface area contributed by atoms with Crippen molar-refractivity contribution in [3.8, 4) is 23.7 Å². The molecule has 0 radical (unpaired) electrons. The molecule has 15 heteroatoms. The van der Waals surface area contributed by atoms with Crippen LogP contribution in [0, 0.1) is 23.7 Å². The number of alkyl halides is 2. The van der Waals surface area contributed by atoms with Gasteiger partial charge in [0.05, 0.1) is 33.3 Å². The Balaban J connectivity index is 0.000000269. The van der Waals surface area contributed by atoms with E-state index in [9.17, 15) is 9.59 Å². The fourth-order valence-corrected chi connectivity index (χ4v) is 8.70. The summed E-state index contributed by atoms with van der Waals surface area (Å²) in [6.45, 7) is 9.78. The molecule has 0 bridgehead atoms. The molecular weight excluding hydrogens is 1110 g/mol. The first-order chi connectivity index (χ1) is 26.8. The minimum atomic E-state index is -0.403. The van der Waals surface area contributed by atoms with Gasteiger partial charge in [-0.05, 0) is 106 Å². The number of benzene rings is 4. The molecule has 5 aromatic rings. The van der Waals surface area contributed by atoms with E-state index in [1.807, 2.05) is 50.2 Å². The molecule has 300 valence electrons. The lowest BCUT2D eigenvalue weighted by Gasteiger charge is -2.25. The molecule has 1 aromatic heterocycles. The molecule has 1 heterocycles. The molecule has 2 atom stereocenters. The Morgan fingerprint density at radius 1 is 0.667 bits per heavy atom. The molecule has 0 fully saturated rings. The number of hydrogen-bond acceptors (Lipinski definition) is 4. The topological polar surface area (TPSA) is 64.8 Å². The second-order valence-corrected chi connectivity index (χ2v) is 18.1. The quantitative estimate of drug-likeness (QED) is 0.0882. The summed E-state index contributed by atoms with van der Waals surface area (Å²) in [5, 5.41) is 6.44. The summed E-state index contributed by atoms with van der Waals surface area (Å²) in [6, 6.07) is 21.9. The second-order valence-electron chi connectivity index (χ2n) is 12.3. The van der Waals surface area contributed by atoms with Crippen molar-refractivity contribution in [2.45, 2.75) is 52.0 Å². The van der Waals surface area contributed by atoms with Crippen LogP contribution in [0.15, 0.2) is 103 Å². The summed E-state index contributed by atoms with van der Waals surface area (Å²) >= 11 is 48.7. The van der Waals surface area contributed by atoms with Crippen molar-refractivity contribution in [2.24, 2.45) is 0 Å². The van der Waals surface area contributed by atoms with Crippen molar-refractivity contribution < 1.29 is 9.59 Å². The minimum absolute atomic E-state index is 0.0116. The van der Waals surface area contributed by atoms with E-state index in [1.54, 1.807) is 54.3 Å². The summed E-state index contributed by atoms with van der Waals surface area (Å²) in [4.78, 5) is 26.0. The number of halogens is 10. The summed E-state index contributed by atoms with van der Waals surface area (Å²) in [6.07, 6.45) is 3.20. The molecule has 0 aliphatic rings. The molecule has 0 aliphatic carbocycles. The SMILES string of the molecule is CC#CC(C)(CCl)c1ccc(Br)cc1Cl.CC#CC(C)(Cn1cncn1)c1ccc(Br)cc1Cl.CC(=O)c1ccc(Br)cc1Cl.O=C(CCl)c1ccc(Br)cc1Cl. The van der Waals surface area contributed by atoms with Crippen LogP contribution in [0.5, 0.6) is 0 Å². The number of carbonyl (C=O) groups is 2. The van der Waals surface area contributed by atoms with E-state index in [1.165, 1.54) is 13.3 Å². The Morgan fingerprint density at radius 2 is 1.09 bits per heavy atom. The number of carbonyl (C=O) groups excluding carboxylic acids is 2. The molecule has 0 aliphatic heterocycles. The molecular formula is C42H35Br4Cl6N3O2. The molecule has 2 unspecified atom stereocenters.